The van der Waals surface area contributed by atoms with Crippen molar-refractivity contribution in [1.82, 2.24) is 16.0 Å². The second-order valence-corrected chi connectivity index (χ2v) is 23.0. The number of carboxylic acids is 3. The molecule has 480 valence electrons. The van der Waals surface area contributed by atoms with Gasteiger partial charge in [0, 0.05) is 38.8 Å². The van der Waals surface area contributed by atoms with Crippen LogP contribution in [0.15, 0.2) is 0 Å². The summed E-state index contributed by atoms with van der Waals surface area (Å²) >= 11 is 0. The Labute approximate surface area is 693 Å². The normalized spacial score (nSPS) is 35.2. The minimum absolute atomic E-state index is 0. The average Bonchev–Trinajstić information content (AvgIpc) is 0.949. The van der Waals surface area contributed by atoms with Crippen LogP contribution in [0.3, 0.4) is 0 Å². The van der Waals surface area contributed by atoms with Crippen molar-refractivity contribution >= 4 is 81.7 Å². The smallest absolute Gasteiger partial charge is 0.726 e. The molecule has 2 amide bonds. The largest absolute Gasteiger partial charge is 1.00 e. The molecule has 23 atom stereocenters. The number of amides is 2. The molecular weight excluding hydrogens is 1450 g/mol. The molecule has 91 heavy (non-hydrogen) atoms. The van der Waals surface area contributed by atoms with E-state index in [-0.39, 0.29) is 243 Å². The van der Waals surface area contributed by atoms with Crippen LogP contribution in [0.25, 0.3) is 0 Å². The van der Waals surface area contributed by atoms with Crippen molar-refractivity contribution in [3.63, 3.8) is 0 Å². The zero-order valence-electron chi connectivity index (χ0n) is 49.1. The summed E-state index contributed by atoms with van der Waals surface area (Å²) in [5.41, 5.74) is 0. The first kappa shape index (κ1) is 102. The third-order valence-electron chi connectivity index (χ3n) is 12.0. The van der Waals surface area contributed by atoms with E-state index < -0.39 is 242 Å². The van der Waals surface area contributed by atoms with E-state index in [4.69, 9.17) is 37.9 Å². The standard InChI is InChI=1S/C34H53N3O41S5.8Na/c1-7(38)36-13-15(41)20(11(5-66-79(51,52)53)68-31(13)70-19-9(28(45)46)3-35-4-10(19)40)71-33-24(77-82(60,61)62)17(43)22(26(74-33)29(47)48)73-32-14(37-8(2)39)16(42)21(12(69-32)6-67-80(54,55)56)72-34-25(78-83(63,64)65)18(44)23(76-81(57,58)59)27(75-34)30(49)50;;;;;;;;/h9-27,31-35,40-44H,3-6H2,1-2H3,(H,36,38)(H,37,39)(H,45,46)(H,47,48)(H,49,50)(H,51,52,53)(H,54,55,56)(H,57,58,59)(H,60,61,62)(H,63,64,65);;;;;;;;/q;8*+1/p-8/t9-,10+,11+,12+,13+,14+,15+,16+,17-,18-,19+,20+,21+,22-,23-,24+,25+,26+,27+,31+,32+,33+,34+;;;;;;;;/m0......../s1. The minimum Gasteiger partial charge on any atom is -0.726 e. The Bertz CT molecular complexity index is 2960. The average molecular weight is 1500 g/mol. The topological polar surface area (TPSA) is 698 Å². The zero-order chi connectivity index (χ0) is 62.8. The summed E-state index contributed by atoms with van der Waals surface area (Å²) in [6.07, 6.45) is -55.4. The number of carboxylic acid groups (broad SMARTS) is 3. The molecule has 5 heterocycles. The summed E-state index contributed by atoms with van der Waals surface area (Å²) in [5, 5.41) is 100. The van der Waals surface area contributed by atoms with Crippen LogP contribution < -0.4 is 268 Å². The van der Waals surface area contributed by atoms with Crippen molar-refractivity contribution < 1.29 is 425 Å². The third-order valence-corrected chi connectivity index (χ3v) is 14.2. The van der Waals surface area contributed by atoms with Crippen LogP contribution in [0.4, 0.5) is 0 Å². The van der Waals surface area contributed by atoms with Crippen LogP contribution >= 0.6 is 0 Å². The van der Waals surface area contributed by atoms with E-state index in [1.807, 2.05) is 5.32 Å². The monoisotopic (exact) mass is 1490 g/mol. The van der Waals surface area contributed by atoms with Crippen molar-refractivity contribution in [3.8, 4) is 0 Å². The predicted molar refractivity (Wildman–Crippen MR) is 226 cm³/mol. The van der Waals surface area contributed by atoms with Crippen LogP contribution in [0.2, 0.25) is 0 Å². The SMILES string of the molecule is CC(=O)N[C@H]1[C@@H](O[C@H]2[C@H](O)CNC[C@@H]2C(=O)[O-])O[C@H](COS(=O)(=O)[O-])[C@@H](O[C@@H]2O[C@@H](C(=O)[O-])[C@@H](O[C@H]3O[C@H](COS(=O)(=O)[O-])[C@@H](O[C@@H]4O[C@@H](C(=O)[O-])[C@@H](OS(=O)(=O)[O-])[C@H](O)[C@H]4OS(=O)(=O)[O-])[C@H](O)[C@H]3NC(C)=O)[C@H](O)[C@H]2OS(=O)(=O)[O-])[C@@H]1O.[Na+].[Na+].[Na+].[Na+].[Na+].[Na+].[Na+].[Na+]. The van der Waals surface area contributed by atoms with Crippen LogP contribution in [0.1, 0.15) is 13.8 Å². The van der Waals surface area contributed by atoms with Gasteiger partial charge in [-0.2, -0.15) is 0 Å². The molecule has 57 heteroatoms. The molecule has 0 aromatic carbocycles. The molecular formula is C34H45N3Na8O41S5. The Morgan fingerprint density at radius 1 is 0.429 bits per heavy atom. The molecule has 0 spiro atoms. The molecule has 0 radical (unpaired) electrons. The van der Waals surface area contributed by atoms with E-state index in [1.54, 1.807) is 0 Å². The van der Waals surface area contributed by atoms with Gasteiger partial charge in [-0.05, 0) is 0 Å². The van der Waals surface area contributed by atoms with Crippen LogP contribution in [-0.4, -0.2) is 281 Å². The van der Waals surface area contributed by atoms with E-state index in [1.165, 1.54) is 0 Å². The molecule has 8 N–H and O–H groups in total. The Morgan fingerprint density at radius 3 is 1.07 bits per heavy atom. The first-order valence-electron chi connectivity index (χ1n) is 22.6. The summed E-state index contributed by atoms with van der Waals surface area (Å²) in [6.45, 7) is -2.86. The third kappa shape index (κ3) is 30.8. The summed E-state index contributed by atoms with van der Waals surface area (Å²) < 4.78 is 240. The number of hydrogen-bond donors (Lipinski definition) is 8. The molecule has 5 aliphatic heterocycles. The molecule has 44 nitrogen and oxygen atoms in total. The van der Waals surface area contributed by atoms with Gasteiger partial charge in [0.15, 0.2) is 37.4 Å². The molecule has 0 aliphatic carbocycles. The summed E-state index contributed by atoms with van der Waals surface area (Å²) in [7, 11) is -30.4. The molecule has 0 aromatic rings. The molecule has 0 saturated carbocycles. The number of rotatable bonds is 25. The van der Waals surface area contributed by atoms with Crippen molar-refractivity contribution in [1.29, 1.82) is 0 Å². The van der Waals surface area contributed by atoms with Gasteiger partial charge in [0.1, 0.15) is 85.3 Å². The maximum Gasteiger partial charge on any atom is 1.00 e. The van der Waals surface area contributed by atoms with Gasteiger partial charge < -0.3 is 132 Å². The number of carbonyl (C=O) groups is 5. The van der Waals surface area contributed by atoms with E-state index >= 15 is 0 Å². The van der Waals surface area contributed by atoms with Crippen LogP contribution in [0.5, 0.6) is 0 Å². The zero-order valence-corrected chi connectivity index (χ0v) is 69.2. The van der Waals surface area contributed by atoms with Gasteiger partial charge >= 0.3 is 236 Å². The summed E-state index contributed by atoms with van der Waals surface area (Å²) in [5.74, 6) is -11.2. The van der Waals surface area contributed by atoms with Gasteiger partial charge in [-0.25, -0.2) is 42.1 Å². The molecule has 5 fully saturated rings. The molecule has 5 saturated heterocycles. The fraction of sp³-hybridized carbons (Fsp3) is 0.853. The number of ether oxygens (including phenoxy) is 8. The Morgan fingerprint density at radius 2 is 0.747 bits per heavy atom. The van der Waals surface area contributed by atoms with E-state index in [0.717, 1.165) is 6.92 Å². The number of nitrogens with one attached hydrogen (secondary N) is 3. The first-order valence-corrected chi connectivity index (χ1v) is 29.3. The van der Waals surface area contributed by atoms with Crippen LogP contribution in [-0.2, 0) is 135 Å². The van der Waals surface area contributed by atoms with Crippen molar-refractivity contribution in [3.05, 3.63) is 0 Å². The molecule has 0 unspecified atom stereocenters. The van der Waals surface area contributed by atoms with E-state index in [9.17, 15) is 130 Å². The fourth-order valence-corrected chi connectivity index (χ4v) is 10.8. The maximum atomic E-state index is 12.9. The molecule has 5 rings (SSSR count). The summed E-state index contributed by atoms with van der Waals surface area (Å²) in [4.78, 5) is 61.9. The van der Waals surface area contributed by atoms with Crippen molar-refractivity contribution in [2.75, 3.05) is 26.3 Å². The minimum atomic E-state index is -6.30. The number of carbonyl (C=O) groups excluding carboxylic acids is 5. The van der Waals surface area contributed by atoms with E-state index in [0.29, 0.717) is 6.92 Å². The molecule has 5 aliphatic rings. The van der Waals surface area contributed by atoms with Gasteiger partial charge in [-0.15, -0.1) is 0 Å². The number of β-amino-alcohol motifs (C(OH)–C–C–N with tert-alkyl or cyclic N) is 1. The fourth-order valence-electron chi connectivity index (χ4n) is 8.79. The number of piperidine rings is 1. The van der Waals surface area contributed by atoms with Gasteiger partial charge in [-0.3, -0.25) is 30.5 Å². The number of aliphatic hydroxyl groups excluding tert-OH is 5. The maximum absolute atomic E-state index is 12.9. The number of aliphatic hydroxyl groups is 5. The Hall–Kier alpha value is 4.14. The van der Waals surface area contributed by atoms with Gasteiger partial charge in [0.05, 0.1) is 37.4 Å². The quantitative estimate of drug-likeness (QED) is 0.0239. The second-order valence-electron chi connectivity index (χ2n) is 17.8. The Kier molecular flexibility index (Phi) is 47.7. The van der Waals surface area contributed by atoms with E-state index in [2.05, 4.69) is 31.5 Å². The second kappa shape index (κ2) is 42.8. The Balaban J connectivity index is -0.00000473. The summed E-state index contributed by atoms with van der Waals surface area (Å²) in [6, 6.07) is -4.66. The van der Waals surface area contributed by atoms with Gasteiger partial charge in [0.2, 0.25) is 63.8 Å². The van der Waals surface area contributed by atoms with Gasteiger partial charge in [0.25, 0.3) is 0 Å². The van der Waals surface area contributed by atoms with Gasteiger partial charge in [-0.1, -0.05) is 0 Å². The molecule has 0 bridgehead atoms. The van der Waals surface area contributed by atoms with Crippen molar-refractivity contribution in [2.24, 2.45) is 5.92 Å². The van der Waals surface area contributed by atoms with Crippen molar-refractivity contribution in [2.45, 2.75) is 149 Å². The van der Waals surface area contributed by atoms with Crippen LogP contribution in [0, 0.1) is 5.92 Å². The predicted octanol–water partition coefficient (Wildman–Crippen LogP) is -40.8. The number of hydrogen-bond acceptors (Lipinski definition) is 42. The number of aliphatic carboxylic acids is 3. The molecule has 0 aromatic heterocycles. The first-order chi connectivity index (χ1) is 38.0.